The third kappa shape index (κ3) is 3.09. The van der Waals surface area contributed by atoms with E-state index in [0.717, 1.165) is 23.2 Å². The number of phenols is 1. The van der Waals surface area contributed by atoms with E-state index in [-0.39, 0.29) is 5.75 Å². The number of rotatable bonds is 1. The lowest BCUT2D eigenvalue weighted by Gasteiger charge is -1.94. The highest BCUT2D eigenvalue weighted by atomic mass is 16.3. The lowest BCUT2D eigenvalue weighted by molar-refractivity contribution is 0.475. The molecule has 0 saturated heterocycles. The first-order chi connectivity index (χ1) is 8.28. The van der Waals surface area contributed by atoms with Crippen LogP contribution in [0.2, 0.25) is 0 Å². The zero-order valence-corrected chi connectivity index (χ0v) is 9.64. The van der Waals surface area contributed by atoms with Gasteiger partial charge in [0.05, 0.1) is 0 Å². The van der Waals surface area contributed by atoms with Crippen LogP contribution in [0.5, 0.6) is 5.75 Å². The molecule has 0 bridgehead atoms. The Hall–Kier alpha value is -2.27. The van der Waals surface area contributed by atoms with Crippen molar-refractivity contribution in [2.24, 2.45) is 0 Å². The molecule has 17 heavy (non-hydrogen) atoms. The minimum absolute atomic E-state index is 0.233. The standard InChI is InChI=1S/C15H13NO/c1-2-14-9-8-13(11-16-14)7-6-12-4-3-5-15(17)10-12/h3-5,8-11,17H,2H2,1H3. The summed E-state index contributed by atoms with van der Waals surface area (Å²) in [5, 5.41) is 9.30. The second-order valence-corrected chi connectivity index (χ2v) is 3.69. The van der Waals surface area contributed by atoms with Crippen LogP contribution in [0.15, 0.2) is 42.6 Å². The first kappa shape index (κ1) is 11.2. The number of nitrogens with zero attached hydrogens (tertiary/aromatic N) is 1. The predicted molar refractivity (Wildman–Crippen MR) is 67.7 cm³/mol. The van der Waals surface area contributed by atoms with Gasteiger partial charge in [0.25, 0.3) is 0 Å². The zero-order chi connectivity index (χ0) is 12.1. The minimum Gasteiger partial charge on any atom is -0.508 e. The third-order valence-electron chi connectivity index (χ3n) is 2.38. The van der Waals surface area contributed by atoms with Crippen molar-refractivity contribution in [1.29, 1.82) is 0 Å². The van der Waals surface area contributed by atoms with Gasteiger partial charge in [-0.2, -0.15) is 0 Å². The molecule has 0 unspecified atom stereocenters. The van der Waals surface area contributed by atoms with Crippen molar-refractivity contribution in [3.05, 3.63) is 59.4 Å². The quantitative estimate of drug-likeness (QED) is 0.754. The van der Waals surface area contributed by atoms with Gasteiger partial charge in [0.2, 0.25) is 0 Å². The molecule has 2 rings (SSSR count). The number of hydrogen-bond donors (Lipinski definition) is 1. The van der Waals surface area contributed by atoms with Gasteiger partial charge < -0.3 is 5.11 Å². The molecule has 2 aromatic rings. The average molecular weight is 223 g/mol. The van der Waals surface area contributed by atoms with E-state index in [9.17, 15) is 5.11 Å². The molecule has 84 valence electrons. The summed E-state index contributed by atoms with van der Waals surface area (Å²) in [6.45, 7) is 2.07. The summed E-state index contributed by atoms with van der Waals surface area (Å²) in [4.78, 5) is 4.28. The van der Waals surface area contributed by atoms with Gasteiger partial charge in [-0.15, -0.1) is 0 Å². The average Bonchev–Trinajstić information content (AvgIpc) is 2.37. The van der Waals surface area contributed by atoms with E-state index >= 15 is 0 Å². The van der Waals surface area contributed by atoms with E-state index in [1.165, 1.54) is 0 Å². The van der Waals surface area contributed by atoms with Crippen molar-refractivity contribution in [3.63, 3.8) is 0 Å². The maximum Gasteiger partial charge on any atom is 0.116 e. The van der Waals surface area contributed by atoms with Gasteiger partial charge in [0.1, 0.15) is 5.75 Å². The first-order valence-electron chi connectivity index (χ1n) is 5.54. The van der Waals surface area contributed by atoms with E-state index in [1.54, 1.807) is 24.4 Å². The summed E-state index contributed by atoms with van der Waals surface area (Å²) in [7, 11) is 0. The molecule has 1 N–H and O–H groups in total. The van der Waals surface area contributed by atoms with Gasteiger partial charge >= 0.3 is 0 Å². The number of benzene rings is 1. The van der Waals surface area contributed by atoms with E-state index < -0.39 is 0 Å². The molecule has 0 atom stereocenters. The van der Waals surface area contributed by atoms with E-state index in [2.05, 4.69) is 23.7 Å². The zero-order valence-electron chi connectivity index (χ0n) is 9.64. The predicted octanol–water partition coefficient (Wildman–Crippen LogP) is 2.75. The second kappa shape index (κ2) is 5.18. The number of aromatic hydroxyl groups is 1. The Morgan fingerprint density at radius 3 is 2.59 bits per heavy atom. The summed E-state index contributed by atoms with van der Waals surface area (Å²) in [5.41, 5.74) is 2.74. The van der Waals surface area contributed by atoms with E-state index in [4.69, 9.17) is 0 Å². The smallest absolute Gasteiger partial charge is 0.116 e. The SMILES string of the molecule is CCc1ccc(C#Cc2cccc(O)c2)cn1. The molecule has 2 heteroatoms. The van der Waals surface area contributed by atoms with Gasteiger partial charge in [-0.25, -0.2) is 0 Å². The van der Waals surface area contributed by atoms with Crippen LogP contribution in [0.3, 0.4) is 0 Å². The molecule has 0 aliphatic rings. The molecule has 0 radical (unpaired) electrons. The van der Waals surface area contributed by atoms with Crippen LogP contribution < -0.4 is 0 Å². The Kier molecular flexibility index (Phi) is 3.42. The van der Waals surface area contributed by atoms with Crippen LogP contribution in [0.25, 0.3) is 0 Å². The van der Waals surface area contributed by atoms with E-state index in [1.807, 2.05) is 18.2 Å². The molecule has 0 aliphatic carbocycles. The fourth-order valence-corrected chi connectivity index (χ4v) is 1.44. The van der Waals surface area contributed by atoms with Gasteiger partial charge in [-0.3, -0.25) is 4.98 Å². The molecular formula is C15H13NO. The van der Waals surface area contributed by atoms with Crippen molar-refractivity contribution in [2.45, 2.75) is 13.3 Å². The highest BCUT2D eigenvalue weighted by Crippen LogP contribution is 2.09. The third-order valence-corrected chi connectivity index (χ3v) is 2.38. The van der Waals surface area contributed by atoms with Crippen LogP contribution in [-0.2, 0) is 6.42 Å². The molecular weight excluding hydrogens is 210 g/mol. The Bertz CT molecular complexity index is 561. The summed E-state index contributed by atoms with van der Waals surface area (Å²) in [5.74, 6) is 6.24. The maximum absolute atomic E-state index is 9.30. The molecule has 1 aromatic heterocycles. The van der Waals surface area contributed by atoms with Crippen LogP contribution in [-0.4, -0.2) is 10.1 Å². The monoisotopic (exact) mass is 223 g/mol. The van der Waals surface area contributed by atoms with Gasteiger partial charge in [0, 0.05) is 23.0 Å². The van der Waals surface area contributed by atoms with Crippen LogP contribution in [0, 0.1) is 11.8 Å². The fraction of sp³-hybridized carbons (Fsp3) is 0.133. The fourth-order valence-electron chi connectivity index (χ4n) is 1.44. The highest BCUT2D eigenvalue weighted by Gasteiger charge is 1.91. The Morgan fingerprint density at radius 1 is 1.12 bits per heavy atom. The van der Waals surface area contributed by atoms with Crippen molar-refractivity contribution in [1.82, 2.24) is 4.98 Å². The molecule has 1 heterocycles. The van der Waals surface area contributed by atoms with Crippen molar-refractivity contribution in [2.75, 3.05) is 0 Å². The second-order valence-electron chi connectivity index (χ2n) is 3.69. The molecule has 0 saturated carbocycles. The number of phenolic OH excluding ortho intramolecular Hbond substituents is 1. The topological polar surface area (TPSA) is 33.1 Å². The van der Waals surface area contributed by atoms with Gasteiger partial charge in [-0.1, -0.05) is 24.8 Å². The Balaban J connectivity index is 2.20. The minimum atomic E-state index is 0.233. The summed E-state index contributed by atoms with van der Waals surface area (Å²) in [6, 6.07) is 10.8. The van der Waals surface area contributed by atoms with Gasteiger partial charge in [0.15, 0.2) is 0 Å². The molecule has 0 spiro atoms. The molecule has 0 amide bonds. The van der Waals surface area contributed by atoms with Crippen molar-refractivity contribution in [3.8, 4) is 17.6 Å². The summed E-state index contributed by atoms with van der Waals surface area (Å²) < 4.78 is 0. The summed E-state index contributed by atoms with van der Waals surface area (Å²) in [6.07, 6.45) is 2.70. The number of aromatic nitrogens is 1. The maximum atomic E-state index is 9.30. The van der Waals surface area contributed by atoms with E-state index in [0.29, 0.717) is 0 Å². The Labute approximate surface area is 101 Å². The van der Waals surface area contributed by atoms with Crippen LogP contribution >= 0.6 is 0 Å². The number of aryl methyl sites for hydroxylation is 1. The Morgan fingerprint density at radius 2 is 1.94 bits per heavy atom. The summed E-state index contributed by atoms with van der Waals surface area (Å²) >= 11 is 0. The molecule has 1 aromatic carbocycles. The van der Waals surface area contributed by atoms with Crippen molar-refractivity contribution >= 4 is 0 Å². The lowest BCUT2D eigenvalue weighted by Crippen LogP contribution is -1.86. The molecule has 0 fully saturated rings. The van der Waals surface area contributed by atoms with Crippen LogP contribution in [0.1, 0.15) is 23.7 Å². The normalized spacial score (nSPS) is 9.47. The highest BCUT2D eigenvalue weighted by molar-refractivity contribution is 5.44. The number of hydrogen-bond acceptors (Lipinski definition) is 2. The van der Waals surface area contributed by atoms with Crippen LogP contribution in [0.4, 0.5) is 0 Å². The van der Waals surface area contributed by atoms with Gasteiger partial charge in [-0.05, 0) is 36.8 Å². The molecule has 2 nitrogen and oxygen atoms in total. The lowest BCUT2D eigenvalue weighted by atomic mass is 10.2. The largest absolute Gasteiger partial charge is 0.508 e. The number of pyridine rings is 1. The van der Waals surface area contributed by atoms with Crippen molar-refractivity contribution < 1.29 is 5.11 Å². The first-order valence-corrected chi connectivity index (χ1v) is 5.54. The molecule has 0 aliphatic heterocycles.